The molecule has 4 nitrogen and oxygen atoms in total. The Kier molecular flexibility index (Phi) is 6.45. The lowest BCUT2D eigenvalue weighted by Gasteiger charge is -2.28. The maximum Gasteiger partial charge on any atom is 0.257 e. The number of hydrogen-bond donors (Lipinski definition) is 2. The molecule has 0 aliphatic carbocycles. The molecular weight excluding hydrogens is 354 g/mol. The number of nitrogens with zero attached hydrogens (tertiary/aromatic N) is 1. The van der Waals surface area contributed by atoms with E-state index in [9.17, 15) is 4.79 Å². The fourth-order valence-corrected chi connectivity index (χ4v) is 3.48. The van der Waals surface area contributed by atoms with Gasteiger partial charge >= 0.3 is 0 Å². The summed E-state index contributed by atoms with van der Waals surface area (Å²) in [6.45, 7) is 6.50. The second-order valence-corrected chi connectivity index (χ2v) is 7.69. The highest BCUT2D eigenvalue weighted by molar-refractivity contribution is 7.80. The van der Waals surface area contributed by atoms with E-state index in [2.05, 4.69) is 41.5 Å². The second kappa shape index (κ2) is 9.00. The van der Waals surface area contributed by atoms with E-state index in [1.807, 2.05) is 36.4 Å². The molecule has 142 valence electrons. The molecule has 1 saturated heterocycles. The van der Waals surface area contributed by atoms with Crippen LogP contribution in [0.4, 0.5) is 11.4 Å². The zero-order valence-corrected chi connectivity index (χ0v) is 16.8. The van der Waals surface area contributed by atoms with E-state index in [0.717, 1.165) is 18.8 Å². The molecule has 0 radical (unpaired) electrons. The summed E-state index contributed by atoms with van der Waals surface area (Å²) in [5.41, 5.74) is 3.92. The minimum atomic E-state index is -0.201. The van der Waals surface area contributed by atoms with Crippen molar-refractivity contribution in [1.29, 1.82) is 0 Å². The van der Waals surface area contributed by atoms with Gasteiger partial charge in [0.05, 0.1) is 0 Å². The summed E-state index contributed by atoms with van der Waals surface area (Å²) < 4.78 is 0. The van der Waals surface area contributed by atoms with E-state index in [4.69, 9.17) is 12.2 Å². The number of thiocarbonyl (C=S) groups is 1. The molecule has 3 rings (SSSR count). The maximum atomic E-state index is 12.3. The third kappa shape index (κ3) is 5.30. The van der Waals surface area contributed by atoms with Gasteiger partial charge in [-0.15, -0.1) is 0 Å². The Morgan fingerprint density at radius 3 is 2.19 bits per heavy atom. The second-order valence-electron chi connectivity index (χ2n) is 7.28. The highest BCUT2D eigenvalue weighted by Crippen LogP contribution is 2.21. The molecule has 0 aromatic heterocycles. The van der Waals surface area contributed by atoms with Crippen molar-refractivity contribution >= 4 is 34.6 Å². The minimum absolute atomic E-state index is 0.201. The topological polar surface area (TPSA) is 44.4 Å². The van der Waals surface area contributed by atoms with Gasteiger partial charge in [0, 0.05) is 30.0 Å². The number of piperidine rings is 1. The zero-order chi connectivity index (χ0) is 19.2. The van der Waals surface area contributed by atoms with E-state index in [-0.39, 0.29) is 5.91 Å². The quantitative estimate of drug-likeness (QED) is 0.737. The van der Waals surface area contributed by atoms with Crippen molar-refractivity contribution in [1.82, 2.24) is 5.32 Å². The predicted molar refractivity (Wildman–Crippen MR) is 117 cm³/mol. The molecule has 1 heterocycles. The highest BCUT2D eigenvalue weighted by atomic mass is 32.1. The number of nitrogens with one attached hydrogen (secondary N) is 2. The Balaban J connectivity index is 1.54. The molecule has 5 heteroatoms. The van der Waals surface area contributed by atoms with Crippen molar-refractivity contribution in [3.05, 3.63) is 59.7 Å². The number of benzene rings is 2. The minimum Gasteiger partial charge on any atom is -0.372 e. The lowest BCUT2D eigenvalue weighted by Crippen LogP contribution is -2.34. The summed E-state index contributed by atoms with van der Waals surface area (Å²) in [5.74, 6) is 0.241. The van der Waals surface area contributed by atoms with E-state index < -0.39 is 0 Å². The number of anilines is 2. The Hall–Kier alpha value is -2.40. The van der Waals surface area contributed by atoms with Gasteiger partial charge in [-0.3, -0.25) is 10.1 Å². The molecule has 1 fully saturated rings. The van der Waals surface area contributed by atoms with Gasteiger partial charge in [-0.2, -0.15) is 0 Å². The summed E-state index contributed by atoms with van der Waals surface area (Å²) in [6.07, 6.45) is 3.84. The average molecular weight is 382 g/mol. The molecule has 0 bridgehead atoms. The van der Waals surface area contributed by atoms with Crippen LogP contribution in [0.5, 0.6) is 0 Å². The molecule has 0 unspecified atom stereocenters. The summed E-state index contributed by atoms with van der Waals surface area (Å²) in [5, 5.41) is 6.13. The summed E-state index contributed by atoms with van der Waals surface area (Å²) in [6, 6.07) is 15.8. The van der Waals surface area contributed by atoms with Crippen molar-refractivity contribution < 1.29 is 4.79 Å². The third-order valence-corrected chi connectivity index (χ3v) is 5.12. The molecule has 1 amide bonds. The third-order valence-electron chi connectivity index (χ3n) is 4.91. The Morgan fingerprint density at radius 2 is 1.59 bits per heavy atom. The number of carbonyl (C=O) groups excluding carboxylic acids is 1. The number of amides is 1. The maximum absolute atomic E-state index is 12.3. The average Bonchev–Trinajstić information content (AvgIpc) is 2.69. The highest BCUT2D eigenvalue weighted by Gasteiger charge is 2.11. The van der Waals surface area contributed by atoms with Gasteiger partial charge in [0.1, 0.15) is 0 Å². The first-order valence-electron chi connectivity index (χ1n) is 9.60. The van der Waals surface area contributed by atoms with Crippen molar-refractivity contribution in [3.8, 4) is 0 Å². The normalized spacial score (nSPS) is 14.1. The van der Waals surface area contributed by atoms with Crippen LogP contribution in [0.1, 0.15) is 54.9 Å². The smallest absolute Gasteiger partial charge is 0.257 e. The summed E-state index contributed by atoms with van der Waals surface area (Å²) in [4.78, 5) is 14.8. The summed E-state index contributed by atoms with van der Waals surface area (Å²) in [7, 11) is 0. The van der Waals surface area contributed by atoms with Gasteiger partial charge in [-0.05, 0) is 79.4 Å². The molecule has 1 aliphatic rings. The van der Waals surface area contributed by atoms with E-state index in [1.165, 1.54) is 30.5 Å². The van der Waals surface area contributed by atoms with Gasteiger partial charge in [-0.25, -0.2) is 0 Å². The molecule has 2 aromatic carbocycles. The first-order valence-corrected chi connectivity index (χ1v) is 10.0. The van der Waals surface area contributed by atoms with Gasteiger partial charge in [0.2, 0.25) is 0 Å². The van der Waals surface area contributed by atoms with Gasteiger partial charge < -0.3 is 10.2 Å². The van der Waals surface area contributed by atoms with Crippen molar-refractivity contribution in [2.75, 3.05) is 23.3 Å². The molecule has 0 atom stereocenters. The van der Waals surface area contributed by atoms with E-state index >= 15 is 0 Å². The molecule has 1 aliphatic heterocycles. The fourth-order valence-electron chi connectivity index (χ4n) is 3.26. The molecule has 2 aromatic rings. The van der Waals surface area contributed by atoms with Crippen LogP contribution in [0.3, 0.4) is 0 Å². The van der Waals surface area contributed by atoms with Crippen LogP contribution in [0, 0.1) is 0 Å². The molecule has 0 saturated carbocycles. The van der Waals surface area contributed by atoms with Crippen molar-refractivity contribution in [2.24, 2.45) is 0 Å². The molecular formula is C22H27N3OS. The number of hydrogen-bond acceptors (Lipinski definition) is 3. The molecule has 27 heavy (non-hydrogen) atoms. The van der Waals surface area contributed by atoms with E-state index in [1.54, 1.807) is 0 Å². The predicted octanol–water partition coefficient (Wildman–Crippen LogP) is 4.93. The molecule has 2 N–H and O–H groups in total. The Morgan fingerprint density at radius 1 is 0.963 bits per heavy atom. The molecule has 0 spiro atoms. The van der Waals surface area contributed by atoms with Crippen molar-refractivity contribution in [2.45, 2.75) is 39.0 Å². The fraction of sp³-hybridized carbons (Fsp3) is 0.364. The first kappa shape index (κ1) is 19.4. The van der Waals surface area contributed by atoms with Gasteiger partial charge in [0.15, 0.2) is 5.11 Å². The Labute approximate surface area is 167 Å². The lowest BCUT2D eigenvalue weighted by molar-refractivity contribution is 0.0977. The van der Waals surface area contributed by atoms with Crippen LogP contribution in [0.2, 0.25) is 0 Å². The van der Waals surface area contributed by atoms with Crippen LogP contribution in [0.25, 0.3) is 0 Å². The Bertz CT molecular complexity index is 778. The van der Waals surface area contributed by atoms with Gasteiger partial charge in [0.25, 0.3) is 5.91 Å². The van der Waals surface area contributed by atoms with E-state index in [0.29, 0.717) is 16.6 Å². The number of rotatable bonds is 4. The van der Waals surface area contributed by atoms with Crippen LogP contribution in [0.15, 0.2) is 48.5 Å². The standard InChI is InChI=1S/C22H27N3OS/c1-16(2)17-6-8-18(9-7-17)21(26)24-22(27)23-19-10-12-20(13-11-19)25-14-4-3-5-15-25/h6-13,16H,3-5,14-15H2,1-2H3,(H2,23,24,26,27). The van der Waals surface area contributed by atoms with Crippen LogP contribution >= 0.6 is 12.2 Å². The number of carbonyl (C=O) groups is 1. The lowest BCUT2D eigenvalue weighted by atomic mass is 10.0. The van der Waals surface area contributed by atoms with Crippen LogP contribution in [-0.2, 0) is 0 Å². The van der Waals surface area contributed by atoms with Crippen molar-refractivity contribution in [3.63, 3.8) is 0 Å². The largest absolute Gasteiger partial charge is 0.372 e. The van der Waals surface area contributed by atoms with Crippen LogP contribution in [-0.4, -0.2) is 24.1 Å². The van der Waals surface area contributed by atoms with Crippen LogP contribution < -0.4 is 15.5 Å². The zero-order valence-electron chi connectivity index (χ0n) is 16.0. The van der Waals surface area contributed by atoms with Gasteiger partial charge in [-0.1, -0.05) is 26.0 Å². The first-order chi connectivity index (χ1) is 13.0. The summed E-state index contributed by atoms with van der Waals surface area (Å²) >= 11 is 5.28. The monoisotopic (exact) mass is 381 g/mol. The SMILES string of the molecule is CC(C)c1ccc(C(=O)NC(=S)Nc2ccc(N3CCCCC3)cc2)cc1.